The summed E-state index contributed by atoms with van der Waals surface area (Å²) in [6.07, 6.45) is 0. The second-order valence-corrected chi connectivity index (χ2v) is 6.04. The first kappa shape index (κ1) is 19.9. The first-order chi connectivity index (χ1) is 14.2. The minimum absolute atomic E-state index is 0.190. The van der Waals surface area contributed by atoms with Crippen molar-refractivity contribution < 1.29 is 19.1 Å². The first-order valence-corrected chi connectivity index (χ1v) is 9.08. The topological polar surface area (TPSA) is 69.2 Å². The Kier molecular flexibility index (Phi) is 6.84. The van der Waals surface area contributed by atoms with Gasteiger partial charge in [-0.25, -0.2) is 0 Å². The van der Waals surface area contributed by atoms with Gasteiger partial charge in [-0.2, -0.15) is 0 Å². The van der Waals surface area contributed by atoms with Crippen molar-refractivity contribution in [2.45, 2.75) is 6.61 Å². The molecule has 3 aromatic carbocycles. The van der Waals surface area contributed by atoms with Crippen LogP contribution in [-0.2, 0) is 16.2 Å². The van der Waals surface area contributed by atoms with Gasteiger partial charge >= 0.3 is 0 Å². The van der Waals surface area contributed by atoms with Gasteiger partial charge in [-0.3, -0.25) is 4.79 Å². The molecule has 0 heterocycles. The highest BCUT2D eigenvalue weighted by atomic mass is 16.6. The van der Waals surface area contributed by atoms with E-state index in [1.54, 1.807) is 13.1 Å². The minimum atomic E-state index is -0.336. The van der Waals surface area contributed by atoms with E-state index >= 15 is 0 Å². The van der Waals surface area contributed by atoms with E-state index in [1.807, 2.05) is 72.8 Å². The van der Waals surface area contributed by atoms with Crippen molar-refractivity contribution in [1.29, 1.82) is 0 Å². The van der Waals surface area contributed by atoms with Crippen molar-refractivity contribution >= 4 is 11.6 Å². The SMILES string of the molecule is CNC(=O)/C(=N\OC)c1ccccc1COc1cccc(Oc2ccccc2)c1. The summed E-state index contributed by atoms with van der Waals surface area (Å²) in [5.41, 5.74) is 1.64. The number of benzene rings is 3. The Morgan fingerprint density at radius 2 is 1.59 bits per heavy atom. The second kappa shape index (κ2) is 9.94. The molecule has 6 nitrogen and oxygen atoms in total. The number of carbonyl (C=O) groups is 1. The van der Waals surface area contributed by atoms with Gasteiger partial charge in [0.15, 0.2) is 5.71 Å². The number of ether oxygens (including phenoxy) is 2. The Balaban J connectivity index is 1.76. The van der Waals surface area contributed by atoms with Crippen LogP contribution in [0.25, 0.3) is 0 Å². The van der Waals surface area contributed by atoms with Gasteiger partial charge in [-0.1, -0.05) is 53.7 Å². The van der Waals surface area contributed by atoms with Crippen molar-refractivity contribution in [2.24, 2.45) is 5.16 Å². The van der Waals surface area contributed by atoms with Gasteiger partial charge in [0.05, 0.1) is 0 Å². The van der Waals surface area contributed by atoms with Crippen LogP contribution in [-0.4, -0.2) is 25.8 Å². The normalized spacial score (nSPS) is 10.9. The molecular weight excluding hydrogens is 368 g/mol. The Morgan fingerprint density at radius 1 is 0.897 bits per heavy atom. The lowest BCUT2D eigenvalue weighted by atomic mass is 10.0. The van der Waals surface area contributed by atoms with Gasteiger partial charge in [0, 0.05) is 18.7 Å². The van der Waals surface area contributed by atoms with Gasteiger partial charge in [0.1, 0.15) is 31.0 Å². The molecule has 0 aliphatic heterocycles. The smallest absolute Gasteiger partial charge is 0.273 e. The zero-order valence-corrected chi connectivity index (χ0v) is 16.3. The third-order valence-corrected chi connectivity index (χ3v) is 4.08. The molecule has 6 heteroatoms. The molecule has 0 saturated carbocycles. The number of likely N-dealkylation sites (N-methyl/N-ethyl adjacent to an activating group) is 1. The van der Waals surface area contributed by atoms with E-state index in [0.29, 0.717) is 17.1 Å². The van der Waals surface area contributed by atoms with Crippen LogP contribution in [0.5, 0.6) is 17.2 Å². The van der Waals surface area contributed by atoms with Crippen LogP contribution >= 0.6 is 0 Å². The summed E-state index contributed by atoms with van der Waals surface area (Å²) in [5, 5.41) is 6.44. The van der Waals surface area contributed by atoms with Crippen LogP contribution in [0.3, 0.4) is 0 Å². The quantitative estimate of drug-likeness (QED) is 0.463. The van der Waals surface area contributed by atoms with Crippen LogP contribution in [0.2, 0.25) is 0 Å². The average Bonchev–Trinajstić information content (AvgIpc) is 2.77. The van der Waals surface area contributed by atoms with E-state index < -0.39 is 0 Å². The maximum Gasteiger partial charge on any atom is 0.273 e. The van der Waals surface area contributed by atoms with Gasteiger partial charge in [0.2, 0.25) is 0 Å². The molecule has 0 fully saturated rings. The molecule has 3 rings (SSSR count). The molecule has 0 aliphatic carbocycles. The van der Waals surface area contributed by atoms with Crippen molar-refractivity contribution in [3.63, 3.8) is 0 Å². The molecule has 0 aliphatic rings. The Bertz CT molecular complexity index is 987. The number of rotatable bonds is 8. The summed E-state index contributed by atoms with van der Waals surface area (Å²) in [7, 11) is 2.95. The average molecular weight is 390 g/mol. The summed E-state index contributed by atoms with van der Waals surface area (Å²) >= 11 is 0. The predicted octanol–water partition coefficient (Wildman–Crippen LogP) is 4.15. The van der Waals surface area contributed by atoms with Crippen molar-refractivity contribution in [3.8, 4) is 17.2 Å². The molecule has 0 aromatic heterocycles. The highest BCUT2D eigenvalue weighted by Crippen LogP contribution is 2.26. The molecule has 0 spiro atoms. The fourth-order valence-corrected chi connectivity index (χ4v) is 2.71. The number of nitrogens with one attached hydrogen (secondary N) is 1. The fraction of sp³-hybridized carbons (Fsp3) is 0.130. The van der Waals surface area contributed by atoms with E-state index in [4.69, 9.17) is 14.3 Å². The third kappa shape index (κ3) is 5.35. The summed E-state index contributed by atoms with van der Waals surface area (Å²) in [6.45, 7) is 0.255. The van der Waals surface area contributed by atoms with Crippen molar-refractivity contribution in [2.75, 3.05) is 14.2 Å². The highest BCUT2D eigenvalue weighted by Gasteiger charge is 2.17. The van der Waals surface area contributed by atoms with E-state index in [-0.39, 0.29) is 18.2 Å². The summed E-state index contributed by atoms with van der Waals surface area (Å²) in [6, 6.07) is 24.3. The van der Waals surface area contributed by atoms with Crippen molar-refractivity contribution in [3.05, 3.63) is 90.0 Å². The fourth-order valence-electron chi connectivity index (χ4n) is 2.71. The number of nitrogens with zero attached hydrogens (tertiary/aromatic N) is 1. The molecular formula is C23H22N2O4. The van der Waals surface area contributed by atoms with E-state index in [1.165, 1.54) is 7.11 Å². The lowest BCUT2D eigenvalue weighted by Gasteiger charge is -2.13. The highest BCUT2D eigenvalue weighted by molar-refractivity contribution is 6.45. The van der Waals surface area contributed by atoms with Gasteiger partial charge in [-0.15, -0.1) is 0 Å². The van der Waals surface area contributed by atoms with Crippen molar-refractivity contribution in [1.82, 2.24) is 5.32 Å². The monoisotopic (exact) mass is 390 g/mol. The Morgan fingerprint density at radius 3 is 2.34 bits per heavy atom. The third-order valence-electron chi connectivity index (χ3n) is 4.08. The maximum absolute atomic E-state index is 12.2. The van der Waals surface area contributed by atoms with Crippen LogP contribution in [0.1, 0.15) is 11.1 Å². The van der Waals surface area contributed by atoms with Gasteiger partial charge < -0.3 is 19.6 Å². The van der Waals surface area contributed by atoms with E-state index in [2.05, 4.69) is 10.5 Å². The molecule has 1 amide bonds. The molecule has 0 saturated heterocycles. The van der Waals surface area contributed by atoms with Gasteiger partial charge in [0.25, 0.3) is 5.91 Å². The molecule has 0 radical (unpaired) electrons. The molecule has 0 unspecified atom stereocenters. The molecule has 0 bridgehead atoms. The van der Waals surface area contributed by atoms with Crippen LogP contribution in [0.4, 0.5) is 0 Å². The number of carbonyl (C=O) groups excluding carboxylic acids is 1. The predicted molar refractivity (Wildman–Crippen MR) is 111 cm³/mol. The summed E-state index contributed by atoms with van der Waals surface area (Å²) in [4.78, 5) is 17.0. The maximum atomic E-state index is 12.2. The van der Waals surface area contributed by atoms with Gasteiger partial charge in [-0.05, 0) is 29.8 Å². The molecule has 3 aromatic rings. The van der Waals surface area contributed by atoms with Crippen LogP contribution in [0, 0.1) is 0 Å². The standard InChI is InChI=1S/C23H22N2O4/c1-24-23(26)22(25-27-2)21-14-7-6-9-17(21)16-28-19-12-8-13-20(15-19)29-18-10-4-3-5-11-18/h3-15H,16H2,1-2H3,(H,24,26)/b25-22-. The zero-order chi connectivity index (χ0) is 20.5. The molecule has 0 atom stereocenters. The lowest BCUT2D eigenvalue weighted by molar-refractivity contribution is -0.114. The molecule has 148 valence electrons. The Labute approximate surface area is 169 Å². The first-order valence-electron chi connectivity index (χ1n) is 9.08. The number of hydrogen-bond acceptors (Lipinski definition) is 5. The summed E-state index contributed by atoms with van der Waals surface area (Å²) < 4.78 is 11.8. The largest absolute Gasteiger partial charge is 0.489 e. The lowest BCUT2D eigenvalue weighted by Crippen LogP contribution is -2.29. The Hall–Kier alpha value is -3.80. The number of hydrogen-bond donors (Lipinski definition) is 1. The minimum Gasteiger partial charge on any atom is -0.489 e. The zero-order valence-electron chi connectivity index (χ0n) is 16.3. The number of amides is 1. The number of para-hydroxylation sites is 1. The summed E-state index contributed by atoms with van der Waals surface area (Å²) in [5.74, 6) is 1.74. The van der Waals surface area contributed by atoms with E-state index in [0.717, 1.165) is 11.3 Å². The van der Waals surface area contributed by atoms with Crippen LogP contribution in [0.15, 0.2) is 84.0 Å². The molecule has 29 heavy (non-hydrogen) atoms. The molecule has 1 N–H and O–H groups in total. The second-order valence-electron chi connectivity index (χ2n) is 6.04. The number of oxime groups is 1. The van der Waals surface area contributed by atoms with E-state index in [9.17, 15) is 4.79 Å². The van der Waals surface area contributed by atoms with Crippen LogP contribution < -0.4 is 14.8 Å².